The van der Waals surface area contributed by atoms with E-state index in [1.54, 1.807) is 18.2 Å². The zero-order valence-corrected chi connectivity index (χ0v) is 12.0. The first-order valence-electron chi connectivity index (χ1n) is 5.36. The fraction of sp³-hybridized carbons (Fsp3) is 0.0769. The van der Waals surface area contributed by atoms with Crippen LogP contribution in [0.15, 0.2) is 46.9 Å². The second-order valence-corrected chi connectivity index (χ2v) is 4.97. The summed E-state index contributed by atoms with van der Waals surface area (Å²) in [5.74, 6) is 1.37. The van der Waals surface area contributed by atoms with Gasteiger partial charge in [0.1, 0.15) is 11.5 Å². The third kappa shape index (κ3) is 3.68. The van der Waals surface area contributed by atoms with Crippen molar-refractivity contribution in [3.05, 3.63) is 62.6 Å². The van der Waals surface area contributed by atoms with Crippen molar-refractivity contribution in [2.24, 2.45) is 0 Å². The Labute approximate surface area is 123 Å². The monoisotopic (exact) mass is 341 g/mol. The molecular formula is C13H9BrClNO3. The van der Waals surface area contributed by atoms with Crippen LogP contribution in [-0.2, 0) is 5.88 Å². The largest absolute Gasteiger partial charge is 0.457 e. The molecule has 2 rings (SSSR count). The zero-order chi connectivity index (χ0) is 13.8. The van der Waals surface area contributed by atoms with Crippen molar-refractivity contribution >= 4 is 33.2 Å². The summed E-state index contributed by atoms with van der Waals surface area (Å²) in [6.07, 6.45) is 0. The van der Waals surface area contributed by atoms with Crippen LogP contribution in [0.3, 0.4) is 0 Å². The maximum Gasteiger partial charge on any atom is 0.274 e. The van der Waals surface area contributed by atoms with Crippen LogP contribution in [0.5, 0.6) is 11.5 Å². The summed E-state index contributed by atoms with van der Waals surface area (Å²) < 4.78 is 6.19. The van der Waals surface area contributed by atoms with Crippen LogP contribution < -0.4 is 4.74 Å². The summed E-state index contributed by atoms with van der Waals surface area (Å²) >= 11 is 8.96. The smallest absolute Gasteiger partial charge is 0.274 e. The highest BCUT2D eigenvalue weighted by molar-refractivity contribution is 9.10. The number of hydrogen-bond donors (Lipinski definition) is 0. The predicted octanol–water partition coefficient (Wildman–Crippen LogP) is 4.89. The van der Waals surface area contributed by atoms with Crippen LogP contribution in [0.25, 0.3) is 0 Å². The number of nitro groups is 1. The van der Waals surface area contributed by atoms with Crippen molar-refractivity contribution in [1.29, 1.82) is 0 Å². The lowest BCUT2D eigenvalue weighted by atomic mass is 10.2. The SMILES string of the molecule is O=[N+]([O-])c1cc(Br)cc(Oc2cccc(CCl)c2)c1. The van der Waals surface area contributed by atoms with E-state index < -0.39 is 4.92 Å². The summed E-state index contributed by atoms with van der Waals surface area (Å²) in [6.45, 7) is 0. The van der Waals surface area contributed by atoms with Gasteiger partial charge < -0.3 is 4.74 Å². The summed E-state index contributed by atoms with van der Waals surface area (Å²) in [7, 11) is 0. The Kier molecular flexibility index (Phi) is 4.39. The first-order valence-corrected chi connectivity index (χ1v) is 6.69. The van der Waals surface area contributed by atoms with Crippen molar-refractivity contribution in [3.8, 4) is 11.5 Å². The van der Waals surface area contributed by atoms with Gasteiger partial charge in [-0.2, -0.15) is 0 Å². The topological polar surface area (TPSA) is 52.4 Å². The molecule has 0 aliphatic rings. The van der Waals surface area contributed by atoms with Gasteiger partial charge in [0, 0.05) is 16.4 Å². The number of rotatable bonds is 4. The Hall–Kier alpha value is -1.59. The number of nitrogens with zero attached hydrogens (tertiary/aromatic N) is 1. The van der Waals surface area contributed by atoms with Gasteiger partial charge in [-0.15, -0.1) is 11.6 Å². The summed E-state index contributed by atoms with van der Waals surface area (Å²) in [6, 6.07) is 11.7. The number of hydrogen-bond acceptors (Lipinski definition) is 3. The first-order chi connectivity index (χ1) is 9.08. The van der Waals surface area contributed by atoms with Gasteiger partial charge in [0.05, 0.1) is 11.0 Å². The third-order valence-electron chi connectivity index (χ3n) is 2.36. The maximum atomic E-state index is 10.8. The summed E-state index contributed by atoms with van der Waals surface area (Å²) in [4.78, 5) is 10.3. The molecule has 0 unspecified atom stereocenters. The van der Waals surface area contributed by atoms with Crippen molar-refractivity contribution in [1.82, 2.24) is 0 Å². The molecule has 0 aliphatic carbocycles. The van der Waals surface area contributed by atoms with Crippen LogP contribution in [-0.4, -0.2) is 4.92 Å². The van der Waals surface area contributed by atoms with E-state index in [0.717, 1.165) is 5.56 Å². The van der Waals surface area contributed by atoms with Crippen LogP contribution in [0.1, 0.15) is 5.56 Å². The van der Waals surface area contributed by atoms with Crippen LogP contribution in [0.2, 0.25) is 0 Å². The summed E-state index contributed by atoms with van der Waals surface area (Å²) in [5, 5.41) is 10.8. The number of nitro benzene ring substituents is 1. The Morgan fingerprint density at radius 3 is 2.68 bits per heavy atom. The van der Waals surface area contributed by atoms with Gasteiger partial charge in [0.15, 0.2) is 0 Å². The highest BCUT2D eigenvalue weighted by atomic mass is 79.9. The Morgan fingerprint density at radius 1 is 1.21 bits per heavy atom. The molecule has 0 atom stereocenters. The minimum Gasteiger partial charge on any atom is -0.457 e. The fourth-order valence-corrected chi connectivity index (χ4v) is 2.17. The molecular weight excluding hydrogens is 334 g/mol. The quantitative estimate of drug-likeness (QED) is 0.451. The molecule has 0 amide bonds. The second kappa shape index (κ2) is 6.04. The van der Waals surface area contributed by atoms with Gasteiger partial charge in [0.2, 0.25) is 0 Å². The molecule has 19 heavy (non-hydrogen) atoms. The minimum absolute atomic E-state index is 0.0297. The van der Waals surface area contributed by atoms with E-state index in [1.165, 1.54) is 12.1 Å². The van der Waals surface area contributed by atoms with Gasteiger partial charge in [0.25, 0.3) is 5.69 Å². The fourth-order valence-electron chi connectivity index (χ4n) is 1.54. The highest BCUT2D eigenvalue weighted by Gasteiger charge is 2.10. The van der Waals surface area contributed by atoms with Gasteiger partial charge in [-0.3, -0.25) is 10.1 Å². The van der Waals surface area contributed by atoms with Gasteiger partial charge in [-0.25, -0.2) is 0 Å². The van der Waals surface area contributed by atoms with E-state index in [1.807, 2.05) is 12.1 Å². The molecule has 0 fully saturated rings. The predicted molar refractivity (Wildman–Crippen MR) is 76.9 cm³/mol. The van der Waals surface area contributed by atoms with E-state index in [-0.39, 0.29) is 5.69 Å². The lowest BCUT2D eigenvalue weighted by Crippen LogP contribution is -1.90. The Morgan fingerprint density at radius 2 is 2.00 bits per heavy atom. The zero-order valence-electron chi connectivity index (χ0n) is 9.68. The average molecular weight is 343 g/mol. The number of halogens is 2. The molecule has 0 saturated heterocycles. The van der Waals surface area contributed by atoms with Crippen LogP contribution in [0, 0.1) is 10.1 Å². The molecule has 0 radical (unpaired) electrons. The first kappa shape index (κ1) is 13.8. The van der Waals surface area contributed by atoms with Gasteiger partial charge in [-0.1, -0.05) is 28.1 Å². The number of alkyl halides is 1. The Bertz CT molecular complexity index is 619. The van der Waals surface area contributed by atoms with Crippen molar-refractivity contribution < 1.29 is 9.66 Å². The molecule has 0 spiro atoms. The standard InChI is InChI=1S/C13H9BrClNO3/c14-10-5-11(16(17)18)7-13(6-10)19-12-3-1-2-9(4-12)8-15/h1-7H,8H2. The van der Waals surface area contributed by atoms with E-state index in [9.17, 15) is 10.1 Å². The van der Waals surface area contributed by atoms with Gasteiger partial charge >= 0.3 is 0 Å². The van der Waals surface area contributed by atoms with Crippen LogP contribution >= 0.6 is 27.5 Å². The molecule has 0 N–H and O–H groups in total. The molecule has 4 nitrogen and oxygen atoms in total. The van der Waals surface area contributed by atoms with Crippen molar-refractivity contribution in [2.75, 3.05) is 0 Å². The average Bonchev–Trinajstić information content (AvgIpc) is 2.38. The van der Waals surface area contributed by atoms with E-state index in [0.29, 0.717) is 21.9 Å². The highest BCUT2D eigenvalue weighted by Crippen LogP contribution is 2.30. The van der Waals surface area contributed by atoms with E-state index in [4.69, 9.17) is 16.3 Å². The molecule has 0 saturated carbocycles. The van der Waals surface area contributed by atoms with Crippen molar-refractivity contribution in [3.63, 3.8) is 0 Å². The molecule has 0 heterocycles. The van der Waals surface area contributed by atoms with Crippen LogP contribution in [0.4, 0.5) is 5.69 Å². The van der Waals surface area contributed by atoms with E-state index >= 15 is 0 Å². The van der Waals surface area contributed by atoms with Crippen molar-refractivity contribution in [2.45, 2.75) is 5.88 Å². The lowest BCUT2D eigenvalue weighted by molar-refractivity contribution is -0.385. The second-order valence-electron chi connectivity index (χ2n) is 3.79. The lowest BCUT2D eigenvalue weighted by Gasteiger charge is -2.07. The van der Waals surface area contributed by atoms with Gasteiger partial charge in [-0.05, 0) is 23.8 Å². The molecule has 2 aromatic carbocycles. The number of benzene rings is 2. The maximum absolute atomic E-state index is 10.8. The molecule has 2 aromatic rings. The molecule has 6 heteroatoms. The Balaban J connectivity index is 2.29. The minimum atomic E-state index is -0.465. The number of non-ortho nitro benzene ring substituents is 1. The molecule has 0 aromatic heterocycles. The molecule has 0 aliphatic heterocycles. The number of ether oxygens (including phenoxy) is 1. The van der Waals surface area contributed by atoms with E-state index in [2.05, 4.69) is 15.9 Å². The third-order valence-corrected chi connectivity index (χ3v) is 3.12. The molecule has 0 bridgehead atoms. The molecule has 98 valence electrons. The normalized spacial score (nSPS) is 10.2. The summed E-state index contributed by atoms with van der Waals surface area (Å²) in [5.41, 5.74) is 0.890.